The van der Waals surface area contributed by atoms with Crippen LogP contribution in [0.1, 0.15) is 195 Å². The minimum atomic E-state index is -1.56. The Hall–Kier alpha value is -3.22. The van der Waals surface area contributed by atoms with Crippen molar-refractivity contribution in [2.75, 3.05) is 60.3 Å². The van der Waals surface area contributed by atoms with Crippen LogP contribution in [0.2, 0.25) is 0 Å². The summed E-state index contributed by atoms with van der Waals surface area (Å²) < 4.78 is 34.4. The summed E-state index contributed by atoms with van der Waals surface area (Å²) in [4.78, 5) is 82.6. The number of hydrogen-bond donors (Lipinski definition) is 0. The molecule has 0 radical (unpaired) electrons. The number of unbranched alkanes of at least 4 members (excludes halogenated alkanes) is 15. The lowest BCUT2D eigenvalue weighted by Crippen LogP contribution is -2.45. The van der Waals surface area contributed by atoms with E-state index in [4.69, 9.17) is 28.4 Å². The summed E-state index contributed by atoms with van der Waals surface area (Å²) >= 11 is 0. The van der Waals surface area contributed by atoms with Gasteiger partial charge in [0.05, 0.1) is 13.2 Å². The van der Waals surface area contributed by atoms with E-state index in [0.29, 0.717) is 45.1 Å². The highest BCUT2D eigenvalue weighted by Gasteiger charge is 2.41. The molecule has 0 bridgehead atoms. The van der Waals surface area contributed by atoms with E-state index in [-0.39, 0.29) is 38.9 Å². The molecule has 0 saturated heterocycles. The van der Waals surface area contributed by atoms with Gasteiger partial charge in [0.25, 0.3) is 0 Å². The fourth-order valence-electron chi connectivity index (χ4n) is 6.57. The van der Waals surface area contributed by atoms with Crippen molar-refractivity contribution in [2.45, 2.75) is 195 Å². The molecule has 13 heteroatoms. The Labute approximate surface area is 369 Å². The van der Waals surface area contributed by atoms with Crippen LogP contribution < -0.4 is 0 Å². The second kappa shape index (κ2) is 38.5. The lowest BCUT2D eigenvalue weighted by Gasteiger charge is -2.32. The van der Waals surface area contributed by atoms with Gasteiger partial charge in [0.15, 0.2) is 11.8 Å². The average molecular weight is 870 g/mol. The molecule has 0 aliphatic heterocycles. The zero-order valence-electron chi connectivity index (χ0n) is 39.6. The molecular weight excluding hydrogens is 783 g/mol. The highest BCUT2D eigenvalue weighted by molar-refractivity contribution is 5.95. The van der Waals surface area contributed by atoms with E-state index in [2.05, 4.69) is 34.6 Å². The van der Waals surface area contributed by atoms with Gasteiger partial charge in [-0.3, -0.25) is 28.8 Å². The highest BCUT2D eigenvalue weighted by atomic mass is 16.6. The van der Waals surface area contributed by atoms with Crippen LogP contribution in [-0.2, 0) is 57.2 Å². The predicted octanol–water partition coefficient (Wildman–Crippen LogP) is 9.88. The molecule has 0 spiro atoms. The maximum atomic E-state index is 13.9. The number of rotatable bonds is 41. The van der Waals surface area contributed by atoms with E-state index in [1.807, 2.05) is 19.0 Å². The first-order valence-corrected chi connectivity index (χ1v) is 24.0. The number of ether oxygens (including phenoxy) is 6. The van der Waals surface area contributed by atoms with Crippen LogP contribution in [0.15, 0.2) is 0 Å². The molecule has 0 fully saturated rings. The van der Waals surface area contributed by atoms with Gasteiger partial charge in [-0.2, -0.15) is 0 Å². The van der Waals surface area contributed by atoms with Gasteiger partial charge in [0.1, 0.15) is 31.8 Å². The summed E-state index contributed by atoms with van der Waals surface area (Å²) in [6.07, 6.45) is 18.6. The Kier molecular flexibility index (Phi) is 36.4. The zero-order valence-corrected chi connectivity index (χ0v) is 39.6. The van der Waals surface area contributed by atoms with Crippen LogP contribution in [0, 0.1) is 17.3 Å². The smallest absolute Gasteiger partial charge is 0.320 e. The first kappa shape index (κ1) is 57.8. The molecule has 2 atom stereocenters. The summed E-state index contributed by atoms with van der Waals surface area (Å²) in [6.45, 7) is 9.56. The van der Waals surface area contributed by atoms with Crippen molar-refractivity contribution in [1.29, 1.82) is 0 Å². The molecule has 0 aliphatic carbocycles. The maximum absolute atomic E-state index is 13.9. The summed E-state index contributed by atoms with van der Waals surface area (Å²) in [7, 11) is 3.79. The first-order valence-electron chi connectivity index (χ1n) is 24.0. The minimum absolute atomic E-state index is 0.0961. The van der Waals surface area contributed by atoms with Gasteiger partial charge < -0.3 is 33.3 Å². The Morgan fingerprint density at radius 2 is 0.721 bits per heavy atom. The summed E-state index contributed by atoms with van der Waals surface area (Å²) in [5, 5.41) is 0. The number of nitrogens with zero attached hydrogens (tertiary/aromatic N) is 1. The third-order valence-corrected chi connectivity index (χ3v) is 10.7. The van der Waals surface area contributed by atoms with Gasteiger partial charge in [0.2, 0.25) is 0 Å². The van der Waals surface area contributed by atoms with Crippen molar-refractivity contribution in [3.63, 3.8) is 0 Å². The van der Waals surface area contributed by atoms with Gasteiger partial charge in [-0.05, 0) is 59.2 Å². The summed E-state index contributed by atoms with van der Waals surface area (Å²) in [5.74, 6) is -6.41. The molecule has 0 rings (SSSR count). The number of hydrogen-bond acceptors (Lipinski definition) is 13. The van der Waals surface area contributed by atoms with Crippen molar-refractivity contribution in [2.24, 2.45) is 17.3 Å². The van der Waals surface area contributed by atoms with Crippen molar-refractivity contribution < 1.29 is 57.2 Å². The van der Waals surface area contributed by atoms with Gasteiger partial charge in [-0.15, -0.1) is 0 Å². The van der Waals surface area contributed by atoms with Crippen LogP contribution in [0.5, 0.6) is 0 Å². The number of carbonyl (C=O) groups excluding carboxylic acids is 6. The third-order valence-electron chi connectivity index (χ3n) is 10.7. The van der Waals surface area contributed by atoms with Gasteiger partial charge in [-0.1, -0.05) is 144 Å². The van der Waals surface area contributed by atoms with E-state index in [1.165, 1.54) is 0 Å². The fraction of sp³-hybridized carbons (Fsp3) is 0.875. The van der Waals surface area contributed by atoms with E-state index in [0.717, 1.165) is 96.3 Å². The molecule has 0 heterocycles. The number of carbonyl (C=O) groups is 6. The van der Waals surface area contributed by atoms with Crippen LogP contribution in [0.25, 0.3) is 0 Å². The Morgan fingerprint density at radius 3 is 1.10 bits per heavy atom. The molecule has 356 valence electrons. The van der Waals surface area contributed by atoms with E-state index >= 15 is 0 Å². The number of esters is 6. The largest absolute Gasteiger partial charge is 0.465 e. The van der Waals surface area contributed by atoms with Crippen LogP contribution >= 0.6 is 0 Å². The van der Waals surface area contributed by atoms with Crippen LogP contribution in [-0.4, -0.2) is 101 Å². The monoisotopic (exact) mass is 870 g/mol. The molecule has 0 aromatic heterocycles. The van der Waals surface area contributed by atoms with Crippen LogP contribution in [0.3, 0.4) is 0 Å². The lowest BCUT2D eigenvalue weighted by molar-refractivity contribution is -0.176. The molecule has 0 aromatic carbocycles. The molecule has 13 nitrogen and oxygen atoms in total. The molecule has 0 amide bonds. The first-order chi connectivity index (χ1) is 29.4. The standard InChI is InChI=1S/C48H87NO12/c1-8-13-18-23-29-40(44(52)56-34-26-21-16-11-4)46(54)60-38-48(36-58-42(50)31-25-20-15-10-3,37-59-43(51)32-28-33-49(6)7)39-61-47(55)41(30-24-19-14-9-2)45(53)57-35-27-22-17-12-5/h40-41H,8-39H2,1-7H3. The molecule has 0 aliphatic rings. The Bertz CT molecular complexity index is 1120. The van der Waals surface area contributed by atoms with Gasteiger partial charge in [0, 0.05) is 12.8 Å². The second-order valence-electron chi connectivity index (χ2n) is 17.0. The topological polar surface area (TPSA) is 161 Å². The summed E-state index contributed by atoms with van der Waals surface area (Å²) in [5.41, 5.74) is -1.56. The van der Waals surface area contributed by atoms with Crippen molar-refractivity contribution in [3.8, 4) is 0 Å². The third kappa shape index (κ3) is 30.5. The molecule has 0 saturated carbocycles. The predicted molar refractivity (Wildman–Crippen MR) is 238 cm³/mol. The molecule has 0 aromatic rings. The molecule has 2 unspecified atom stereocenters. The van der Waals surface area contributed by atoms with Crippen LogP contribution in [0.4, 0.5) is 0 Å². The highest BCUT2D eigenvalue weighted by Crippen LogP contribution is 2.26. The van der Waals surface area contributed by atoms with E-state index in [1.54, 1.807) is 0 Å². The van der Waals surface area contributed by atoms with Crippen molar-refractivity contribution in [3.05, 3.63) is 0 Å². The molecular formula is C48H87NO12. The average Bonchev–Trinajstić information content (AvgIpc) is 3.24. The fourth-order valence-corrected chi connectivity index (χ4v) is 6.57. The second-order valence-corrected chi connectivity index (χ2v) is 17.0. The van der Waals surface area contributed by atoms with Gasteiger partial charge in [-0.25, -0.2) is 0 Å². The maximum Gasteiger partial charge on any atom is 0.320 e. The normalized spacial score (nSPS) is 13.2. The minimum Gasteiger partial charge on any atom is -0.465 e. The van der Waals surface area contributed by atoms with E-state index in [9.17, 15) is 28.8 Å². The van der Waals surface area contributed by atoms with Crippen molar-refractivity contribution in [1.82, 2.24) is 4.90 Å². The Morgan fingerprint density at radius 1 is 0.393 bits per heavy atom. The summed E-state index contributed by atoms with van der Waals surface area (Å²) in [6, 6.07) is 0. The quantitative estimate of drug-likeness (QED) is 0.0247. The molecule has 61 heavy (non-hydrogen) atoms. The molecule has 0 N–H and O–H groups in total. The lowest BCUT2D eigenvalue weighted by atomic mass is 9.91. The van der Waals surface area contributed by atoms with Crippen molar-refractivity contribution >= 4 is 35.8 Å². The Balaban J connectivity index is 6.66. The zero-order chi connectivity index (χ0) is 45.6. The van der Waals surface area contributed by atoms with Gasteiger partial charge >= 0.3 is 35.8 Å². The SMILES string of the molecule is CCCCCCOC(=O)C(CCCCCC)C(=O)OCC(COC(=O)CCCCCC)(COC(=O)CCCN(C)C)COC(=O)C(CCCCCC)C(=O)OCCCCCC. The van der Waals surface area contributed by atoms with E-state index < -0.39 is 79.5 Å².